The summed E-state index contributed by atoms with van der Waals surface area (Å²) in [5.41, 5.74) is 4.23. The van der Waals surface area contributed by atoms with Crippen molar-refractivity contribution < 1.29 is 17.0 Å². The normalized spacial score (nSPS) is 30.0. The molecule has 1 saturated heterocycles. The summed E-state index contributed by atoms with van der Waals surface area (Å²) in [5.74, 6) is 3.71. The summed E-state index contributed by atoms with van der Waals surface area (Å²) in [4.78, 5) is 0. The molecule has 0 radical (unpaired) electrons. The van der Waals surface area contributed by atoms with Crippen LogP contribution in [0.5, 0.6) is 0 Å². The van der Waals surface area contributed by atoms with Gasteiger partial charge in [0.2, 0.25) is 0 Å². The Hall–Kier alpha value is 0.911. The van der Waals surface area contributed by atoms with Gasteiger partial charge in [-0.15, -0.1) is 13.1 Å². The molecule has 29 heavy (non-hydrogen) atoms. The quantitative estimate of drug-likeness (QED) is 0.292. The number of hydrogen-bond acceptors (Lipinski definition) is 1. The van der Waals surface area contributed by atoms with Gasteiger partial charge in [-0.05, 0) is 60.2 Å². The second-order valence-corrected chi connectivity index (χ2v) is 17.2. The van der Waals surface area contributed by atoms with Crippen molar-refractivity contribution in [3.05, 3.63) is 36.0 Å². The number of hydrogen-bond donors (Lipinski definition) is 0. The van der Waals surface area contributed by atoms with Gasteiger partial charge in [0.15, 0.2) is 0 Å². The molecule has 1 heterocycles. The van der Waals surface area contributed by atoms with Crippen molar-refractivity contribution in [2.75, 3.05) is 26.2 Å². The second-order valence-electron chi connectivity index (χ2n) is 9.93. The summed E-state index contributed by atoms with van der Waals surface area (Å²) in [5, 5.41) is 4.59. The second kappa shape index (κ2) is 12.2. The average Bonchev–Trinajstić information content (AvgIpc) is 3.00. The van der Waals surface area contributed by atoms with E-state index in [1.807, 2.05) is 0 Å². The Morgan fingerprint density at radius 3 is 2.14 bits per heavy atom. The molecule has 0 aromatic rings. The van der Waals surface area contributed by atoms with Crippen LogP contribution in [0.4, 0.5) is 0 Å². The Kier molecular flexibility index (Phi) is 11.8. The van der Waals surface area contributed by atoms with E-state index in [0.717, 1.165) is 36.4 Å². The Morgan fingerprint density at radius 2 is 1.66 bits per heavy atom. The average molecular weight is 493 g/mol. The topological polar surface area (TPSA) is 17.3 Å². The third-order valence-corrected chi connectivity index (χ3v) is 11.8. The Balaban J connectivity index is 0.000000990. The van der Waals surface area contributed by atoms with E-state index in [4.69, 9.17) is 18.6 Å². The van der Waals surface area contributed by atoms with Crippen molar-refractivity contribution in [1.29, 1.82) is 0 Å². The van der Waals surface area contributed by atoms with Crippen LogP contribution in [0.1, 0.15) is 41.0 Å². The SMILES string of the molecule is CC(C)C1=CC2C(C(C(C)C)=C1)[C@@H](C)CC2[Si](C)(C)N1CC[N-]CC1.[CH3-].[Cl][Ti][Cl]. The van der Waals surface area contributed by atoms with Crippen molar-refractivity contribution in [3.8, 4) is 0 Å². The molecule has 0 aromatic carbocycles. The van der Waals surface area contributed by atoms with Gasteiger partial charge < -0.3 is 17.3 Å². The first-order valence-electron chi connectivity index (χ1n) is 10.9. The van der Waals surface area contributed by atoms with Gasteiger partial charge in [0.25, 0.3) is 0 Å². The van der Waals surface area contributed by atoms with E-state index in [2.05, 4.69) is 69.7 Å². The molecule has 2 nitrogen and oxygen atoms in total. The molecule has 0 aromatic heterocycles. The van der Waals surface area contributed by atoms with Gasteiger partial charge in [0.05, 0.1) is 0 Å². The maximum atomic E-state index is 4.89. The summed E-state index contributed by atoms with van der Waals surface area (Å²) in [7, 11) is 8.33. The molecule has 0 bridgehead atoms. The minimum absolute atomic E-state index is 0. The van der Waals surface area contributed by atoms with Crippen LogP contribution < -0.4 is 0 Å². The zero-order chi connectivity index (χ0) is 21.1. The van der Waals surface area contributed by atoms with E-state index in [0.29, 0.717) is 11.8 Å². The third kappa shape index (κ3) is 6.46. The summed E-state index contributed by atoms with van der Waals surface area (Å²) in [6, 6.07) is 0. The van der Waals surface area contributed by atoms with Gasteiger partial charge in [-0.3, -0.25) is 0 Å². The van der Waals surface area contributed by atoms with Crippen LogP contribution in [0.15, 0.2) is 23.3 Å². The molecule has 1 saturated carbocycles. The molecule has 3 aliphatic rings. The van der Waals surface area contributed by atoms with Crippen molar-refractivity contribution in [1.82, 2.24) is 4.57 Å². The molecule has 0 N–H and O–H groups in total. The van der Waals surface area contributed by atoms with E-state index in [1.54, 1.807) is 11.1 Å². The van der Waals surface area contributed by atoms with Crippen LogP contribution in [0.25, 0.3) is 5.32 Å². The molecular weight excluding hydrogens is 451 g/mol. The molecule has 2 aliphatic carbocycles. The molecular formula is C23H42Cl2N2SiTi-2. The first-order chi connectivity index (χ1) is 13.1. The monoisotopic (exact) mass is 492 g/mol. The molecule has 6 heteroatoms. The molecule has 0 amide bonds. The Bertz CT molecular complexity index is 571. The van der Waals surface area contributed by atoms with E-state index >= 15 is 0 Å². The van der Waals surface area contributed by atoms with Crippen molar-refractivity contribution in [2.45, 2.75) is 59.7 Å². The first-order valence-corrected chi connectivity index (χ1v) is 18.2. The van der Waals surface area contributed by atoms with Crippen LogP contribution in [-0.4, -0.2) is 39.0 Å². The van der Waals surface area contributed by atoms with Gasteiger partial charge >= 0.3 is 35.6 Å². The van der Waals surface area contributed by atoms with Crippen molar-refractivity contribution in [2.24, 2.45) is 29.6 Å². The number of halogens is 2. The molecule has 1 aliphatic heterocycles. The summed E-state index contributed by atoms with van der Waals surface area (Å²) in [6.07, 6.45) is 6.70. The number of nitrogens with zero attached hydrogens (tertiary/aromatic N) is 2. The minimum atomic E-state index is -1.45. The van der Waals surface area contributed by atoms with Crippen LogP contribution >= 0.6 is 18.6 Å². The molecule has 2 fully saturated rings. The van der Waals surface area contributed by atoms with Crippen LogP contribution in [0, 0.1) is 37.0 Å². The van der Waals surface area contributed by atoms with Crippen molar-refractivity contribution in [3.63, 3.8) is 0 Å². The van der Waals surface area contributed by atoms with E-state index in [-0.39, 0.29) is 7.43 Å². The van der Waals surface area contributed by atoms with Crippen LogP contribution in [0.2, 0.25) is 18.6 Å². The Morgan fingerprint density at radius 1 is 1.10 bits per heavy atom. The third-order valence-electron chi connectivity index (χ3n) is 7.33. The van der Waals surface area contributed by atoms with E-state index in [1.165, 1.54) is 19.5 Å². The van der Waals surface area contributed by atoms with Gasteiger partial charge in [-0.2, -0.15) is 0 Å². The zero-order valence-electron chi connectivity index (χ0n) is 19.8. The van der Waals surface area contributed by atoms with Gasteiger partial charge in [0, 0.05) is 0 Å². The molecule has 168 valence electrons. The van der Waals surface area contributed by atoms with Gasteiger partial charge in [-0.1, -0.05) is 65.4 Å². The molecule has 3 unspecified atom stereocenters. The van der Waals surface area contributed by atoms with Crippen LogP contribution in [0.3, 0.4) is 0 Å². The number of allylic oxidation sites excluding steroid dienone is 4. The van der Waals surface area contributed by atoms with Gasteiger partial charge in [-0.25, -0.2) is 0 Å². The fraction of sp³-hybridized carbons (Fsp3) is 0.783. The predicted octanol–water partition coefficient (Wildman–Crippen LogP) is 7.53. The standard InChI is InChI=1S/C22H39N2Si.CH3.2ClH.Ti/c1-15(2)18-13-19(16(3)4)22-17(5)12-21(20(22)14-18)25(6,7)24-10-8-23-9-11-24;;;;/h13-17,20-22H,8-12H2,1-7H3;1H3;2*1H;/q2*-1;;;+2/p-2/t17-,20?,21?,22?;;;;/m0..../s1. The number of rotatable bonds is 4. The molecule has 3 rings (SSSR count). The fourth-order valence-corrected chi connectivity index (χ4v) is 9.77. The van der Waals surface area contributed by atoms with Gasteiger partial charge in [0.1, 0.15) is 8.24 Å². The summed E-state index contributed by atoms with van der Waals surface area (Å²) >= 11 is -0.556. The first kappa shape index (κ1) is 27.9. The molecule has 4 atom stereocenters. The van der Waals surface area contributed by atoms with E-state index < -0.39 is 25.3 Å². The van der Waals surface area contributed by atoms with E-state index in [9.17, 15) is 0 Å². The van der Waals surface area contributed by atoms with Crippen LogP contribution in [-0.2, 0) is 17.0 Å². The number of piperazine rings is 1. The maximum absolute atomic E-state index is 4.89. The summed E-state index contributed by atoms with van der Waals surface area (Å²) in [6.45, 7) is 21.9. The predicted molar refractivity (Wildman–Crippen MR) is 131 cm³/mol. The molecule has 0 spiro atoms. The summed E-state index contributed by atoms with van der Waals surface area (Å²) < 4.78 is 2.87. The zero-order valence-corrected chi connectivity index (χ0v) is 23.9. The number of fused-ring (bicyclic) bond motifs is 1. The van der Waals surface area contributed by atoms with Crippen molar-refractivity contribution >= 4 is 26.8 Å². The fourth-order valence-electron chi connectivity index (χ4n) is 5.75. The Labute approximate surface area is 199 Å².